The molecular weight excluding hydrogens is 314 g/mol. The van der Waals surface area contributed by atoms with Crippen molar-refractivity contribution in [3.63, 3.8) is 0 Å². The van der Waals surface area contributed by atoms with Crippen molar-refractivity contribution in [3.05, 3.63) is 62.1 Å². The molecule has 0 amide bonds. The van der Waals surface area contributed by atoms with Crippen molar-refractivity contribution < 1.29 is 4.74 Å². The van der Waals surface area contributed by atoms with Crippen LogP contribution >= 0.6 is 46.4 Å². The highest BCUT2D eigenvalue weighted by Gasteiger charge is 2.13. The van der Waals surface area contributed by atoms with Crippen molar-refractivity contribution in [2.75, 3.05) is 0 Å². The minimum atomic E-state index is 0.248. The van der Waals surface area contributed by atoms with Crippen molar-refractivity contribution in [3.8, 4) is 5.75 Å². The highest BCUT2D eigenvalue weighted by molar-refractivity contribution is 6.51. The molecule has 0 atom stereocenters. The Kier molecular flexibility index (Phi) is 4.63. The van der Waals surface area contributed by atoms with E-state index in [2.05, 4.69) is 0 Å². The molecular formula is C13H8Cl4O. The fourth-order valence-corrected chi connectivity index (χ4v) is 2.30. The predicted octanol–water partition coefficient (Wildman–Crippen LogP) is 5.88. The summed E-state index contributed by atoms with van der Waals surface area (Å²) in [4.78, 5) is 0. The zero-order valence-corrected chi connectivity index (χ0v) is 12.1. The largest absolute Gasteiger partial charge is 0.489 e. The smallest absolute Gasteiger partial charge is 0.119 e. The summed E-state index contributed by atoms with van der Waals surface area (Å²) >= 11 is 23.9. The fourth-order valence-electron chi connectivity index (χ4n) is 1.40. The zero-order valence-electron chi connectivity index (χ0n) is 9.09. The molecule has 0 fully saturated rings. The molecule has 0 N–H and O–H groups in total. The summed E-state index contributed by atoms with van der Waals surface area (Å²) in [5.41, 5.74) is 0.694. The molecule has 0 aliphatic heterocycles. The van der Waals surface area contributed by atoms with E-state index in [0.29, 0.717) is 15.6 Å². The molecule has 0 bridgehead atoms. The molecule has 2 aromatic rings. The monoisotopic (exact) mass is 320 g/mol. The average Bonchev–Trinajstić information content (AvgIpc) is 2.40. The van der Waals surface area contributed by atoms with Gasteiger partial charge in [0, 0.05) is 5.56 Å². The molecule has 0 aliphatic carbocycles. The van der Waals surface area contributed by atoms with Crippen LogP contribution in [-0.4, -0.2) is 0 Å². The summed E-state index contributed by atoms with van der Waals surface area (Å²) in [5, 5.41) is 1.23. The topological polar surface area (TPSA) is 9.23 Å². The summed E-state index contributed by atoms with van der Waals surface area (Å²) in [6.07, 6.45) is 0. The van der Waals surface area contributed by atoms with Crippen LogP contribution in [0.15, 0.2) is 36.4 Å². The SMILES string of the molecule is Clc1cc(COc2ccccc2)c(Cl)c(Cl)c1Cl. The van der Waals surface area contributed by atoms with E-state index >= 15 is 0 Å². The van der Waals surface area contributed by atoms with Crippen LogP contribution < -0.4 is 4.74 Å². The third-order valence-corrected chi connectivity index (χ3v) is 4.11. The van der Waals surface area contributed by atoms with Gasteiger partial charge in [-0.25, -0.2) is 0 Å². The summed E-state index contributed by atoms with van der Waals surface area (Å²) in [5.74, 6) is 0.746. The summed E-state index contributed by atoms with van der Waals surface area (Å²) < 4.78 is 5.58. The van der Waals surface area contributed by atoms with Gasteiger partial charge in [-0.05, 0) is 18.2 Å². The Balaban J connectivity index is 2.20. The molecule has 5 heteroatoms. The van der Waals surface area contributed by atoms with Crippen molar-refractivity contribution in [1.29, 1.82) is 0 Å². The maximum atomic E-state index is 6.08. The summed E-state index contributed by atoms with van der Waals surface area (Å²) in [6, 6.07) is 11.1. The molecule has 0 aliphatic rings. The van der Waals surface area contributed by atoms with Gasteiger partial charge in [-0.1, -0.05) is 64.6 Å². The predicted molar refractivity (Wildman–Crippen MR) is 77.3 cm³/mol. The van der Waals surface area contributed by atoms with E-state index in [1.807, 2.05) is 30.3 Å². The van der Waals surface area contributed by atoms with E-state index in [4.69, 9.17) is 51.1 Å². The van der Waals surface area contributed by atoms with Gasteiger partial charge in [0.25, 0.3) is 0 Å². The molecule has 0 unspecified atom stereocenters. The number of hydrogen-bond donors (Lipinski definition) is 0. The maximum Gasteiger partial charge on any atom is 0.119 e. The molecule has 1 nitrogen and oxygen atoms in total. The first-order valence-electron chi connectivity index (χ1n) is 5.09. The van der Waals surface area contributed by atoms with Gasteiger partial charge in [-0.3, -0.25) is 0 Å². The number of para-hydroxylation sites is 1. The summed E-state index contributed by atoms with van der Waals surface area (Å²) in [7, 11) is 0. The number of rotatable bonds is 3. The van der Waals surface area contributed by atoms with Crippen LogP contribution in [0.1, 0.15) is 5.56 Å². The van der Waals surface area contributed by atoms with Gasteiger partial charge in [0.05, 0.1) is 20.1 Å². The number of halogens is 4. The highest BCUT2D eigenvalue weighted by atomic mass is 35.5. The lowest BCUT2D eigenvalue weighted by Gasteiger charge is -2.10. The first kappa shape index (κ1) is 13.8. The fraction of sp³-hybridized carbons (Fsp3) is 0.0769. The van der Waals surface area contributed by atoms with E-state index < -0.39 is 0 Å². The van der Waals surface area contributed by atoms with Gasteiger partial charge < -0.3 is 4.74 Å². The second-order valence-electron chi connectivity index (χ2n) is 3.56. The first-order valence-corrected chi connectivity index (χ1v) is 6.60. The molecule has 2 aromatic carbocycles. The van der Waals surface area contributed by atoms with Crippen LogP contribution in [0.3, 0.4) is 0 Å². The standard InChI is InChI=1S/C13H8Cl4O/c14-10-6-8(11(15)13(17)12(10)16)7-18-9-4-2-1-3-5-9/h1-6H,7H2. The normalized spacial score (nSPS) is 10.4. The Morgan fingerprint density at radius 3 is 2.17 bits per heavy atom. The zero-order chi connectivity index (χ0) is 13.1. The molecule has 18 heavy (non-hydrogen) atoms. The average molecular weight is 322 g/mol. The van der Waals surface area contributed by atoms with Crippen molar-refractivity contribution in [2.45, 2.75) is 6.61 Å². The van der Waals surface area contributed by atoms with Gasteiger partial charge in [0.15, 0.2) is 0 Å². The van der Waals surface area contributed by atoms with Gasteiger partial charge in [0.2, 0.25) is 0 Å². The van der Waals surface area contributed by atoms with Crippen LogP contribution in [0.25, 0.3) is 0 Å². The molecule has 0 saturated carbocycles. The third kappa shape index (κ3) is 3.04. The van der Waals surface area contributed by atoms with E-state index in [9.17, 15) is 0 Å². The number of benzene rings is 2. The molecule has 94 valence electrons. The lowest BCUT2D eigenvalue weighted by Crippen LogP contribution is -1.97. The van der Waals surface area contributed by atoms with Crippen LogP contribution in [0.4, 0.5) is 0 Å². The van der Waals surface area contributed by atoms with Crippen molar-refractivity contribution in [2.24, 2.45) is 0 Å². The van der Waals surface area contributed by atoms with Gasteiger partial charge >= 0.3 is 0 Å². The Morgan fingerprint density at radius 2 is 1.50 bits per heavy atom. The van der Waals surface area contributed by atoms with Crippen molar-refractivity contribution >= 4 is 46.4 Å². The first-order chi connectivity index (χ1) is 8.59. The quantitative estimate of drug-likeness (QED) is 0.506. The third-order valence-electron chi connectivity index (χ3n) is 2.32. The second-order valence-corrected chi connectivity index (χ2v) is 5.10. The Labute approximate surface area is 125 Å². The van der Waals surface area contributed by atoms with E-state index in [-0.39, 0.29) is 16.7 Å². The Bertz CT molecular complexity index is 555. The lowest BCUT2D eigenvalue weighted by molar-refractivity contribution is 0.306. The molecule has 0 heterocycles. The minimum Gasteiger partial charge on any atom is -0.489 e. The molecule has 0 radical (unpaired) electrons. The second kappa shape index (κ2) is 6.03. The van der Waals surface area contributed by atoms with Crippen molar-refractivity contribution in [1.82, 2.24) is 0 Å². The highest BCUT2D eigenvalue weighted by Crippen LogP contribution is 2.38. The number of hydrogen-bond acceptors (Lipinski definition) is 1. The van der Waals surface area contributed by atoms with Crippen LogP contribution in [-0.2, 0) is 6.61 Å². The minimum absolute atomic E-state index is 0.248. The van der Waals surface area contributed by atoms with Gasteiger partial charge in [0.1, 0.15) is 12.4 Å². The van der Waals surface area contributed by atoms with E-state index in [0.717, 1.165) is 5.75 Å². The van der Waals surface area contributed by atoms with Crippen LogP contribution in [0.5, 0.6) is 5.75 Å². The summed E-state index contributed by atoms with van der Waals surface area (Å²) in [6.45, 7) is 0.277. The molecule has 0 spiro atoms. The molecule has 0 aromatic heterocycles. The number of ether oxygens (including phenoxy) is 1. The maximum absolute atomic E-state index is 6.08. The molecule has 0 saturated heterocycles. The van der Waals surface area contributed by atoms with Gasteiger partial charge in [-0.2, -0.15) is 0 Å². The van der Waals surface area contributed by atoms with Crippen LogP contribution in [0.2, 0.25) is 20.1 Å². The van der Waals surface area contributed by atoms with E-state index in [1.54, 1.807) is 6.07 Å². The molecule has 2 rings (SSSR count). The lowest BCUT2D eigenvalue weighted by atomic mass is 10.2. The Morgan fingerprint density at radius 1 is 0.833 bits per heavy atom. The van der Waals surface area contributed by atoms with E-state index in [1.165, 1.54) is 0 Å². The Hall–Kier alpha value is -0.600. The van der Waals surface area contributed by atoms with Gasteiger partial charge in [-0.15, -0.1) is 0 Å². The van der Waals surface area contributed by atoms with Crippen LogP contribution in [0, 0.1) is 0 Å².